The number of nitrogens with zero attached hydrogens (tertiary/aromatic N) is 2. The van der Waals surface area contributed by atoms with E-state index in [1.165, 1.54) is 4.90 Å². The lowest BCUT2D eigenvalue weighted by molar-refractivity contribution is -0.160. The first-order chi connectivity index (χ1) is 18.6. The van der Waals surface area contributed by atoms with E-state index in [4.69, 9.17) is 9.47 Å². The van der Waals surface area contributed by atoms with Crippen molar-refractivity contribution in [2.45, 2.75) is 77.2 Å². The fraction of sp³-hybridized carbons (Fsp3) is 0.581. The van der Waals surface area contributed by atoms with E-state index >= 15 is 0 Å². The van der Waals surface area contributed by atoms with Crippen LogP contribution in [0.2, 0.25) is 0 Å². The number of rotatable bonds is 4. The molecular weight excluding hydrogens is 496 g/mol. The summed E-state index contributed by atoms with van der Waals surface area (Å²) in [5.41, 5.74) is 0.167. The summed E-state index contributed by atoms with van der Waals surface area (Å²) in [6.45, 7) is 9.85. The number of aliphatic hydroxyl groups is 1. The van der Waals surface area contributed by atoms with E-state index in [0.717, 1.165) is 36.1 Å². The molecule has 6 atom stereocenters. The second-order valence-electron chi connectivity index (χ2n) is 11.9. The Morgan fingerprint density at radius 1 is 1.03 bits per heavy atom. The number of amides is 2. The lowest BCUT2D eigenvalue weighted by Crippen LogP contribution is -2.60. The lowest BCUT2D eigenvalue weighted by atomic mass is 9.74. The van der Waals surface area contributed by atoms with Crippen LogP contribution in [0.3, 0.4) is 0 Å². The van der Waals surface area contributed by atoms with E-state index in [1.54, 1.807) is 4.90 Å². The molecular formula is C31H40N2O6. The summed E-state index contributed by atoms with van der Waals surface area (Å²) < 4.78 is 12.6. The van der Waals surface area contributed by atoms with Crippen molar-refractivity contribution in [1.82, 2.24) is 4.90 Å². The Kier molecular flexibility index (Phi) is 7.22. The van der Waals surface area contributed by atoms with Gasteiger partial charge in [-0.3, -0.25) is 14.4 Å². The Balaban J connectivity index is 1.71. The van der Waals surface area contributed by atoms with Crippen molar-refractivity contribution >= 4 is 23.5 Å². The SMILES string of the molecule is Cc1cccc(C)c1N1CC=C[C@]23O[C@@]4(C)/C=C\CCCCOC(=O)[C@H]4[C@H]2C(=O)N([C@@H](CO)C(C)C)C3C1=O. The molecule has 2 amide bonds. The highest BCUT2D eigenvalue weighted by molar-refractivity contribution is 6.06. The molecule has 1 N–H and O–H groups in total. The number of carbonyl (C=O) groups is 3. The maximum Gasteiger partial charge on any atom is 0.313 e. The first kappa shape index (κ1) is 27.6. The average Bonchev–Trinajstić information content (AvgIpc) is 3.20. The Morgan fingerprint density at radius 2 is 1.74 bits per heavy atom. The largest absolute Gasteiger partial charge is 0.465 e. The predicted molar refractivity (Wildman–Crippen MR) is 147 cm³/mol. The fourth-order valence-electron chi connectivity index (χ4n) is 7.15. The van der Waals surface area contributed by atoms with Crippen molar-refractivity contribution < 1.29 is 29.0 Å². The van der Waals surface area contributed by atoms with E-state index < -0.39 is 41.1 Å². The molecule has 0 saturated carbocycles. The van der Waals surface area contributed by atoms with Crippen LogP contribution in [0, 0.1) is 31.6 Å². The van der Waals surface area contributed by atoms with Gasteiger partial charge in [-0.05, 0) is 57.1 Å². The number of ether oxygens (including phenoxy) is 2. The molecule has 8 nitrogen and oxygen atoms in total. The molecule has 4 aliphatic heterocycles. The topological polar surface area (TPSA) is 96.4 Å². The zero-order valence-corrected chi connectivity index (χ0v) is 23.6. The summed E-state index contributed by atoms with van der Waals surface area (Å²) in [6.07, 6.45) is 10.0. The summed E-state index contributed by atoms with van der Waals surface area (Å²) in [5, 5.41) is 10.5. The minimum absolute atomic E-state index is 0.134. The number of cyclic esters (lactones) is 1. The van der Waals surface area contributed by atoms with Crippen LogP contribution in [-0.4, -0.2) is 70.8 Å². The van der Waals surface area contributed by atoms with E-state index in [0.29, 0.717) is 6.54 Å². The van der Waals surface area contributed by atoms with Crippen LogP contribution >= 0.6 is 0 Å². The van der Waals surface area contributed by atoms with Crippen LogP contribution < -0.4 is 4.90 Å². The highest BCUT2D eigenvalue weighted by atomic mass is 16.6. The molecule has 1 aromatic carbocycles. The van der Waals surface area contributed by atoms with Gasteiger partial charge in [-0.2, -0.15) is 0 Å². The van der Waals surface area contributed by atoms with Crippen molar-refractivity contribution in [1.29, 1.82) is 0 Å². The minimum Gasteiger partial charge on any atom is -0.465 e. The van der Waals surface area contributed by atoms with Gasteiger partial charge in [0, 0.05) is 12.2 Å². The van der Waals surface area contributed by atoms with E-state index in [9.17, 15) is 19.5 Å². The number of hydrogen-bond acceptors (Lipinski definition) is 6. The van der Waals surface area contributed by atoms with Crippen molar-refractivity contribution in [3.05, 3.63) is 53.6 Å². The maximum atomic E-state index is 14.7. The fourth-order valence-corrected chi connectivity index (χ4v) is 7.15. The van der Waals surface area contributed by atoms with Crippen molar-refractivity contribution in [3.63, 3.8) is 0 Å². The van der Waals surface area contributed by atoms with Gasteiger partial charge in [0.25, 0.3) is 5.91 Å². The van der Waals surface area contributed by atoms with Gasteiger partial charge in [0.2, 0.25) is 5.91 Å². The van der Waals surface area contributed by atoms with Crippen LogP contribution in [0.4, 0.5) is 5.69 Å². The summed E-state index contributed by atoms with van der Waals surface area (Å²) in [4.78, 5) is 46.0. The maximum absolute atomic E-state index is 14.7. The zero-order valence-electron chi connectivity index (χ0n) is 23.6. The van der Waals surface area contributed by atoms with Gasteiger partial charge in [0.1, 0.15) is 17.6 Å². The van der Waals surface area contributed by atoms with Crippen molar-refractivity contribution in [2.24, 2.45) is 17.8 Å². The molecule has 1 spiro atoms. The van der Waals surface area contributed by atoms with Crippen LogP contribution in [0.15, 0.2) is 42.5 Å². The molecule has 1 unspecified atom stereocenters. The predicted octanol–water partition coefficient (Wildman–Crippen LogP) is 3.48. The van der Waals surface area contributed by atoms with Gasteiger partial charge in [-0.15, -0.1) is 0 Å². The van der Waals surface area contributed by atoms with Gasteiger partial charge < -0.3 is 24.4 Å². The number of allylic oxidation sites excluding steroid dienone is 1. The Bertz CT molecular complexity index is 1200. The number of benzene rings is 1. The van der Waals surface area contributed by atoms with Gasteiger partial charge in [-0.25, -0.2) is 0 Å². The molecule has 0 bridgehead atoms. The first-order valence-corrected chi connectivity index (χ1v) is 14.1. The van der Waals surface area contributed by atoms with Crippen molar-refractivity contribution in [3.8, 4) is 0 Å². The summed E-state index contributed by atoms with van der Waals surface area (Å²) in [6, 6.07) is 4.21. The quantitative estimate of drug-likeness (QED) is 0.468. The zero-order chi connectivity index (χ0) is 28.1. The molecule has 8 heteroatoms. The number of carbonyl (C=O) groups excluding carboxylic acids is 3. The van der Waals surface area contributed by atoms with Crippen LogP contribution in [0.5, 0.6) is 0 Å². The summed E-state index contributed by atoms with van der Waals surface area (Å²) >= 11 is 0. The highest BCUT2D eigenvalue weighted by Crippen LogP contribution is 2.58. The monoisotopic (exact) mass is 536 g/mol. The van der Waals surface area contributed by atoms with Crippen molar-refractivity contribution in [2.75, 3.05) is 24.7 Å². The van der Waals surface area contributed by atoms with E-state index in [-0.39, 0.29) is 30.9 Å². The molecule has 2 fully saturated rings. The number of hydrogen-bond donors (Lipinski definition) is 1. The third-order valence-corrected chi connectivity index (χ3v) is 8.96. The van der Waals surface area contributed by atoms with E-state index in [2.05, 4.69) is 0 Å². The number of anilines is 1. The molecule has 1 aromatic rings. The van der Waals surface area contributed by atoms with Crippen LogP contribution in [0.1, 0.15) is 51.2 Å². The Labute approximate surface area is 230 Å². The van der Waals surface area contributed by atoms with E-state index in [1.807, 2.05) is 77.1 Å². The number of para-hydroxylation sites is 1. The third-order valence-electron chi connectivity index (χ3n) is 8.96. The standard InChI is InChI=1S/C31H40N2O6/c1-19(2)22(18-34)33-26-28(36)32(25-20(3)12-10-13-21(25)4)16-11-15-31(26)23(27(33)35)24-29(37)38-17-9-7-6-8-14-30(24,5)39-31/h8,10-15,19,22-24,26,34H,6-7,9,16-18H2,1-5H3/b14-8-/t22-,23-,24+,26?,30-,31-/m0/s1. The highest BCUT2D eigenvalue weighted by Gasteiger charge is 2.75. The number of esters is 1. The molecule has 2 saturated heterocycles. The van der Waals surface area contributed by atoms with Crippen LogP contribution in [-0.2, 0) is 23.9 Å². The van der Waals surface area contributed by atoms with Gasteiger partial charge in [-0.1, -0.05) is 56.4 Å². The average molecular weight is 537 g/mol. The molecule has 0 aliphatic carbocycles. The van der Waals surface area contributed by atoms with Crippen LogP contribution in [0.25, 0.3) is 0 Å². The Morgan fingerprint density at radius 3 is 2.41 bits per heavy atom. The molecule has 5 rings (SSSR count). The number of aryl methyl sites for hydroxylation is 2. The molecule has 4 heterocycles. The van der Waals surface area contributed by atoms with Gasteiger partial charge in [0.15, 0.2) is 0 Å². The van der Waals surface area contributed by atoms with Gasteiger partial charge in [0.05, 0.1) is 30.8 Å². The number of likely N-dealkylation sites (tertiary alicyclic amines) is 1. The molecule has 4 aliphatic rings. The molecule has 0 radical (unpaired) electrons. The second kappa shape index (κ2) is 10.2. The summed E-state index contributed by atoms with van der Waals surface area (Å²) in [7, 11) is 0. The Hall–Kier alpha value is -2.97. The smallest absolute Gasteiger partial charge is 0.313 e. The first-order valence-electron chi connectivity index (χ1n) is 14.1. The number of aliphatic hydroxyl groups excluding tert-OH is 1. The summed E-state index contributed by atoms with van der Waals surface area (Å²) in [5.74, 6) is -3.15. The van der Waals surface area contributed by atoms with Gasteiger partial charge >= 0.3 is 5.97 Å². The third kappa shape index (κ3) is 4.23. The number of fused-ring (bicyclic) bond motifs is 2. The lowest BCUT2D eigenvalue weighted by Gasteiger charge is -2.41. The normalized spacial score (nSPS) is 34.3. The molecule has 0 aromatic heterocycles. The molecule has 39 heavy (non-hydrogen) atoms. The molecule has 210 valence electrons. The second-order valence-corrected chi connectivity index (χ2v) is 11.9. The minimum atomic E-state index is -1.39.